The van der Waals surface area contributed by atoms with Crippen LogP contribution in [0.3, 0.4) is 0 Å². The van der Waals surface area contributed by atoms with E-state index in [-0.39, 0.29) is 18.3 Å². The zero-order valence-electron chi connectivity index (χ0n) is 11.4. The van der Waals surface area contributed by atoms with Crippen LogP contribution < -0.4 is 15.4 Å². The molecule has 2 rings (SSSR count). The molecule has 1 aromatic rings. The van der Waals surface area contributed by atoms with Crippen molar-refractivity contribution < 1.29 is 9.53 Å². The van der Waals surface area contributed by atoms with Crippen molar-refractivity contribution in [1.29, 1.82) is 0 Å². The third-order valence-electron chi connectivity index (χ3n) is 3.30. The number of hydrogen-bond acceptors (Lipinski definition) is 3. The molecule has 0 spiro atoms. The van der Waals surface area contributed by atoms with Gasteiger partial charge in [-0.25, -0.2) is 0 Å². The van der Waals surface area contributed by atoms with Crippen molar-refractivity contribution in [2.24, 2.45) is 0 Å². The van der Waals surface area contributed by atoms with E-state index in [1.165, 1.54) is 6.42 Å². The SMILES string of the molecule is COc1ccc(Br)cc1CC(=O)NCC1CCCN1.Cl. The number of nitrogens with one attached hydrogen (secondary N) is 2. The largest absolute Gasteiger partial charge is 0.496 e. The van der Waals surface area contributed by atoms with Crippen LogP contribution in [0.15, 0.2) is 22.7 Å². The molecule has 20 heavy (non-hydrogen) atoms. The second-order valence-electron chi connectivity index (χ2n) is 4.73. The van der Waals surface area contributed by atoms with E-state index in [9.17, 15) is 4.79 Å². The fourth-order valence-corrected chi connectivity index (χ4v) is 2.70. The molecule has 0 radical (unpaired) electrons. The molecule has 0 aliphatic carbocycles. The van der Waals surface area contributed by atoms with E-state index in [0.29, 0.717) is 19.0 Å². The van der Waals surface area contributed by atoms with E-state index in [4.69, 9.17) is 4.74 Å². The molecule has 1 unspecified atom stereocenters. The lowest BCUT2D eigenvalue weighted by atomic mass is 10.1. The first kappa shape index (κ1) is 17.3. The minimum Gasteiger partial charge on any atom is -0.496 e. The van der Waals surface area contributed by atoms with Crippen molar-refractivity contribution in [3.05, 3.63) is 28.2 Å². The fourth-order valence-electron chi connectivity index (χ4n) is 2.29. The molecule has 0 saturated carbocycles. The third-order valence-corrected chi connectivity index (χ3v) is 3.79. The number of amides is 1. The Morgan fingerprint density at radius 2 is 2.35 bits per heavy atom. The molecule has 1 aliphatic rings. The van der Waals surface area contributed by atoms with Gasteiger partial charge >= 0.3 is 0 Å². The maximum Gasteiger partial charge on any atom is 0.224 e. The predicted molar refractivity (Wildman–Crippen MR) is 85.7 cm³/mol. The number of hydrogen-bond donors (Lipinski definition) is 2. The molecule has 1 atom stereocenters. The van der Waals surface area contributed by atoms with E-state index >= 15 is 0 Å². The Balaban J connectivity index is 0.00000200. The first-order chi connectivity index (χ1) is 9.19. The first-order valence-electron chi connectivity index (χ1n) is 6.51. The van der Waals surface area contributed by atoms with Crippen LogP contribution in [-0.2, 0) is 11.2 Å². The smallest absolute Gasteiger partial charge is 0.224 e. The average molecular weight is 364 g/mol. The van der Waals surface area contributed by atoms with Gasteiger partial charge in [0.25, 0.3) is 0 Å². The van der Waals surface area contributed by atoms with Crippen LogP contribution in [0.5, 0.6) is 5.75 Å². The standard InChI is InChI=1S/C14H19BrN2O2.ClH/c1-19-13-5-4-11(15)7-10(13)8-14(18)17-9-12-3-2-6-16-12;/h4-5,7,12,16H,2-3,6,8-9H2,1H3,(H,17,18);1H. The summed E-state index contributed by atoms with van der Waals surface area (Å²) in [6, 6.07) is 6.12. The van der Waals surface area contributed by atoms with Gasteiger partial charge in [-0.15, -0.1) is 12.4 Å². The summed E-state index contributed by atoms with van der Waals surface area (Å²) in [5.41, 5.74) is 0.897. The van der Waals surface area contributed by atoms with Gasteiger partial charge in [-0.3, -0.25) is 4.79 Å². The van der Waals surface area contributed by atoms with E-state index in [0.717, 1.165) is 28.8 Å². The van der Waals surface area contributed by atoms with Crippen LogP contribution in [0.1, 0.15) is 18.4 Å². The maximum absolute atomic E-state index is 11.9. The highest BCUT2D eigenvalue weighted by Crippen LogP contribution is 2.23. The van der Waals surface area contributed by atoms with E-state index in [1.54, 1.807) is 7.11 Å². The lowest BCUT2D eigenvalue weighted by Gasteiger charge is -2.13. The zero-order valence-corrected chi connectivity index (χ0v) is 13.9. The molecule has 1 aromatic carbocycles. The highest BCUT2D eigenvalue weighted by Gasteiger charge is 2.15. The van der Waals surface area contributed by atoms with Gasteiger partial charge in [-0.2, -0.15) is 0 Å². The average Bonchev–Trinajstić information content (AvgIpc) is 2.90. The Morgan fingerprint density at radius 1 is 1.55 bits per heavy atom. The van der Waals surface area contributed by atoms with E-state index in [2.05, 4.69) is 26.6 Å². The maximum atomic E-state index is 11.9. The Labute approximate surface area is 134 Å². The van der Waals surface area contributed by atoms with Crippen LogP contribution in [0.2, 0.25) is 0 Å². The van der Waals surface area contributed by atoms with Crippen molar-refractivity contribution in [2.45, 2.75) is 25.3 Å². The summed E-state index contributed by atoms with van der Waals surface area (Å²) in [4.78, 5) is 11.9. The molecule has 0 bridgehead atoms. The number of rotatable bonds is 5. The van der Waals surface area contributed by atoms with Crippen molar-refractivity contribution in [3.8, 4) is 5.75 Å². The monoisotopic (exact) mass is 362 g/mol. The van der Waals surface area contributed by atoms with Gasteiger partial charge in [-0.05, 0) is 37.6 Å². The predicted octanol–water partition coefficient (Wildman–Crippen LogP) is 2.29. The summed E-state index contributed by atoms with van der Waals surface area (Å²) in [5, 5.41) is 6.33. The lowest BCUT2D eigenvalue weighted by molar-refractivity contribution is -0.120. The summed E-state index contributed by atoms with van der Waals surface area (Å²) in [7, 11) is 1.62. The van der Waals surface area contributed by atoms with Crippen LogP contribution in [0.4, 0.5) is 0 Å². The number of halogens is 2. The van der Waals surface area contributed by atoms with Crippen molar-refractivity contribution in [1.82, 2.24) is 10.6 Å². The minimum absolute atomic E-state index is 0. The summed E-state index contributed by atoms with van der Waals surface area (Å²) < 4.78 is 6.22. The van der Waals surface area contributed by atoms with Gasteiger partial charge in [0.2, 0.25) is 5.91 Å². The molecule has 112 valence electrons. The second-order valence-corrected chi connectivity index (χ2v) is 5.65. The molecule has 1 heterocycles. The van der Waals surface area contributed by atoms with Crippen molar-refractivity contribution >= 4 is 34.2 Å². The molecular weight excluding hydrogens is 344 g/mol. The normalized spacial score (nSPS) is 17.4. The number of carbonyl (C=O) groups excluding carboxylic acids is 1. The van der Waals surface area contributed by atoms with Gasteiger partial charge in [-0.1, -0.05) is 15.9 Å². The first-order valence-corrected chi connectivity index (χ1v) is 7.31. The summed E-state index contributed by atoms with van der Waals surface area (Å²) >= 11 is 3.41. The quantitative estimate of drug-likeness (QED) is 0.844. The lowest BCUT2D eigenvalue weighted by Crippen LogP contribution is -2.37. The molecule has 1 amide bonds. The Bertz CT molecular complexity index is 451. The number of ether oxygens (including phenoxy) is 1. The van der Waals surface area contributed by atoms with E-state index in [1.807, 2.05) is 18.2 Å². The van der Waals surface area contributed by atoms with Gasteiger partial charge in [0.05, 0.1) is 13.5 Å². The Hall–Kier alpha value is -0.780. The zero-order chi connectivity index (χ0) is 13.7. The summed E-state index contributed by atoms with van der Waals surface area (Å²) in [6.45, 7) is 1.76. The van der Waals surface area contributed by atoms with Crippen LogP contribution in [0.25, 0.3) is 0 Å². The molecule has 2 N–H and O–H groups in total. The molecular formula is C14H20BrClN2O2. The second kappa shape index (κ2) is 8.49. The number of methoxy groups -OCH3 is 1. The fraction of sp³-hybridized carbons (Fsp3) is 0.500. The highest BCUT2D eigenvalue weighted by atomic mass is 79.9. The molecule has 0 aromatic heterocycles. The van der Waals surface area contributed by atoms with Crippen molar-refractivity contribution in [2.75, 3.05) is 20.2 Å². The highest BCUT2D eigenvalue weighted by molar-refractivity contribution is 9.10. The number of carbonyl (C=O) groups is 1. The van der Waals surface area contributed by atoms with Crippen LogP contribution in [-0.4, -0.2) is 32.1 Å². The third kappa shape index (κ3) is 4.96. The Kier molecular flexibility index (Phi) is 7.34. The number of benzene rings is 1. The van der Waals surface area contributed by atoms with Crippen LogP contribution >= 0.6 is 28.3 Å². The Morgan fingerprint density at radius 3 is 3.00 bits per heavy atom. The van der Waals surface area contributed by atoms with Crippen LogP contribution in [0, 0.1) is 0 Å². The van der Waals surface area contributed by atoms with Gasteiger partial charge < -0.3 is 15.4 Å². The minimum atomic E-state index is 0. The van der Waals surface area contributed by atoms with Crippen molar-refractivity contribution in [3.63, 3.8) is 0 Å². The molecule has 4 nitrogen and oxygen atoms in total. The topological polar surface area (TPSA) is 50.4 Å². The molecule has 6 heteroatoms. The summed E-state index contributed by atoms with van der Waals surface area (Å²) in [5.74, 6) is 0.780. The van der Waals surface area contributed by atoms with Gasteiger partial charge in [0.15, 0.2) is 0 Å². The molecule has 1 aliphatic heterocycles. The van der Waals surface area contributed by atoms with Gasteiger partial charge in [0, 0.05) is 22.6 Å². The molecule has 1 saturated heterocycles. The summed E-state index contributed by atoms with van der Waals surface area (Å²) in [6.07, 6.45) is 2.68. The van der Waals surface area contributed by atoms with Gasteiger partial charge in [0.1, 0.15) is 5.75 Å². The van der Waals surface area contributed by atoms with E-state index < -0.39 is 0 Å². The molecule has 1 fully saturated rings.